The van der Waals surface area contributed by atoms with Gasteiger partial charge >= 0.3 is 0 Å². The first-order chi connectivity index (χ1) is 11.6. The molecule has 0 aromatic carbocycles. The highest BCUT2D eigenvalue weighted by Crippen LogP contribution is 2.31. The number of likely N-dealkylation sites (N-methyl/N-ethyl adjacent to an activating group) is 1. The van der Waals surface area contributed by atoms with E-state index in [0.717, 1.165) is 35.5 Å². The second-order valence-electron chi connectivity index (χ2n) is 5.77. The lowest BCUT2D eigenvalue weighted by molar-refractivity contribution is 0.0936. The lowest BCUT2D eigenvalue weighted by Crippen LogP contribution is -2.21. The molecule has 0 aliphatic rings. The Kier molecular flexibility index (Phi) is 4.52. The van der Waals surface area contributed by atoms with Gasteiger partial charge in [-0.3, -0.25) is 4.79 Å². The number of aromatic nitrogens is 2. The summed E-state index contributed by atoms with van der Waals surface area (Å²) in [6.45, 7) is 1.69. The Hall–Kier alpha value is -2.80. The maximum absolute atomic E-state index is 11.7. The fourth-order valence-corrected chi connectivity index (χ4v) is 2.47. The minimum atomic E-state index is -0.245. The fourth-order valence-electron chi connectivity index (χ4n) is 2.47. The van der Waals surface area contributed by atoms with E-state index in [1.165, 1.54) is 0 Å². The van der Waals surface area contributed by atoms with Crippen LogP contribution in [0.3, 0.4) is 0 Å². The van der Waals surface area contributed by atoms with E-state index in [-0.39, 0.29) is 11.7 Å². The number of hydrogen-bond donors (Lipinski definition) is 3. The minimum absolute atomic E-state index is 0.245. The molecule has 24 heavy (non-hydrogen) atoms. The number of aromatic amines is 1. The Balaban J connectivity index is 1.95. The number of hydrogen-bond acceptors (Lipinski definition) is 5. The topological polar surface area (TPSA) is 86.2 Å². The zero-order chi connectivity index (χ0) is 17.1. The smallest absolute Gasteiger partial charge is 0.286 e. The third-order valence-electron chi connectivity index (χ3n) is 3.72. The van der Waals surface area contributed by atoms with Crippen LogP contribution in [-0.4, -0.2) is 55.0 Å². The molecule has 7 nitrogen and oxygen atoms in total. The van der Waals surface area contributed by atoms with Crippen LogP contribution in [0, 0.1) is 0 Å². The summed E-state index contributed by atoms with van der Waals surface area (Å²) in [5, 5.41) is 6.82. The van der Waals surface area contributed by atoms with Gasteiger partial charge in [-0.15, -0.1) is 0 Å². The van der Waals surface area contributed by atoms with Crippen molar-refractivity contribution in [2.75, 3.05) is 39.5 Å². The number of H-pyrrole nitrogens is 1. The van der Waals surface area contributed by atoms with Crippen molar-refractivity contribution in [3.8, 4) is 11.3 Å². The second-order valence-corrected chi connectivity index (χ2v) is 5.77. The lowest BCUT2D eigenvalue weighted by Gasteiger charge is -2.11. The van der Waals surface area contributed by atoms with E-state index in [2.05, 4.69) is 25.5 Å². The van der Waals surface area contributed by atoms with Crippen molar-refractivity contribution in [3.63, 3.8) is 0 Å². The van der Waals surface area contributed by atoms with Gasteiger partial charge in [-0.05, 0) is 38.4 Å². The zero-order valence-electron chi connectivity index (χ0n) is 14.0. The maximum Gasteiger partial charge on any atom is 0.286 e. The molecule has 0 saturated carbocycles. The minimum Gasteiger partial charge on any atom is -0.451 e. The highest BCUT2D eigenvalue weighted by molar-refractivity contribution is 5.95. The van der Waals surface area contributed by atoms with Gasteiger partial charge in [0.1, 0.15) is 17.2 Å². The van der Waals surface area contributed by atoms with Crippen LogP contribution in [0.25, 0.3) is 22.4 Å². The van der Waals surface area contributed by atoms with Crippen molar-refractivity contribution < 1.29 is 9.21 Å². The highest BCUT2D eigenvalue weighted by Gasteiger charge is 2.15. The quantitative estimate of drug-likeness (QED) is 0.646. The normalized spacial score (nSPS) is 11.2. The second kappa shape index (κ2) is 6.76. The molecule has 0 unspecified atom stereocenters. The van der Waals surface area contributed by atoms with Crippen molar-refractivity contribution in [1.82, 2.24) is 20.2 Å². The Morgan fingerprint density at radius 1 is 1.33 bits per heavy atom. The molecule has 0 aliphatic heterocycles. The molecule has 3 N–H and O–H groups in total. The molecule has 3 heterocycles. The molecule has 0 fully saturated rings. The number of nitrogens with zero attached hydrogens (tertiary/aromatic N) is 2. The first-order valence-electron chi connectivity index (χ1n) is 7.77. The summed E-state index contributed by atoms with van der Waals surface area (Å²) in [7, 11) is 5.63. The van der Waals surface area contributed by atoms with Crippen LogP contribution in [0.15, 0.2) is 34.9 Å². The van der Waals surface area contributed by atoms with Crippen molar-refractivity contribution in [3.05, 3.63) is 36.2 Å². The summed E-state index contributed by atoms with van der Waals surface area (Å²) >= 11 is 0. The van der Waals surface area contributed by atoms with Gasteiger partial charge in [0.2, 0.25) is 0 Å². The van der Waals surface area contributed by atoms with Crippen molar-refractivity contribution in [1.29, 1.82) is 0 Å². The Morgan fingerprint density at radius 3 is 2.92 bits per heavy atom. The lowest BCUT2D eigenvalue weighted by atomic mass is 10.1. The van der Waals surface area contributed by atoms with Crippen LogP contribution < -0.4 is 10.6 Å². The predicted octanol–water partition coefficient (Wildman–Crippen LogP) is 2.16. The first kappa shape index (κ1) is 16.1. The van der Waals surface area contributed by atoms with E-state index in [4.69, 9.17) is 4.42 Å². The molecule has 7 heteroatoms. The van der Waals surface area contributed by atoms with Gasteiger partial charge in [0.05, 0.1) is 0 Å². The van der Waals surface area contributed by atoms with Gasteiger partial charge in [-0.25, -0.2) is 4.98 Å². The largest absolute Gasteiger partial charge is 0.451 e. The summed E-state index contributed by atoms with van der Waals surface area (Å²) in [6, 6.07) is 7.36. The molecule has 1 amide bonds. The van der Waals surface area contributed by atoms with Crippen LogP contribution in [0.2, 0.25) is 0 Å². The summed E-state index contributed by atoms with van der Waals surface area (Å²) in [4.78, 5) is 21.5. The molecule has 0 bridgehead atoms. The average Bonchev–Trinajstić information content (AvgIpc) is 3.22. The molecular formula is C17H21N5O2. The van der Waals surface area contributed by atoms with Gasteiger partial charge in [0.25, 0.3) is 5.91 Å². The summed E-state index contributed by atoms with van der Waals surface area (Å²) in [5.41, 5.74) is 1.67. The Morgan fingerprint density at radius 2 is 2.17 bits per heavy atom. The average molecular weight is 327 g/mol. The predicted molar refractivity (Wildman–Crippen MR) is 94.2 cm³/mol. The van der Waals surface area contributed by atoms with Crippen LogP contribution in [-0.2, 0) is 0 Å². The third-order valence-corrected chi connectivity index (χ3v) is 3.72. The van der Waals surface area contributed by atoms with Crippen molar-refractivity contribution in [2.24, 2.45) is 0 Å². The molecule has 0 radical (unpaired) electrons. The summed E-state index contributed by atoms with van der Waals surface area (Å²) < 4.78 is 5.71. The van der Waals surface area contributed by atoms with E-state index in [1.807, 2.05) is 32.4 Å². The van der Waals surface area contributed by atoms with Gasteiger partial charge < -0.3 is 24.9 Å². The van der Waals surface area contributed by atoms with E-state index >= 15 is 0 Å². The summed E-state index contributed by atoms with van der Waals surface area (Å²) in [6.07, 6.45) is 1.84. The van der Waals surface area contributed by atoms with Crippen molar-refractivity contribution >= 4 is 22.8 Å². The number of pyridine rings is 1. The molecule has 0 spiro atoms. The van der Waals surface area contributed by atoms with Gasteiger partial charge in [0, 0.05) is 37.3 Å². The van der Waals surface area contributed by atoms with Crippen LogP contribution >= 0.6 is 0 Å². The van der Waals surface area contributed by atoms with Gasteiger partial charge in [-0.1, -0.05) is 0 Å². The van der Waals surface area contributed by atoms with E-state index in [0.29, 0.717) is 5.76 Å². The molecule has 0 aliphatic carbocycles. The van der Waals surface area contributed by atoms with Crippen LogP contribution in [0.5, 0.6) is 0 Å². The standard InChI is InChI=1S/C17H21N5O2/c1-18-17(23)14-5-4-13(24-14)12-10-15(19-8-9-22(2)3)21-16-11(12)6-7-20-16/h4-7,10H,8-9H2,1-3H3,(H,18,23)(H2,19,20,21). The molecule has 3 aromatic rings. The number of fused-ring (bicyclic) bond motifs is 1. The number of nitrogens with one attached hydrogen (secondary N) is 3. The number of anilines is 1. The third kappa shape index (κ3) is 3.26. The number of furan rings is 1. The molecule has 0 atom stereocenters. The maximum atomic E-state index is 11.7. The van der Waals surface area contributed by atoms with Crippen molar-refractivity contribution in [2.45, 2.75) is 0 Å². The van der Waals surface area contributed by atoms with Crippen LogP contribution in [0.4, 0.5) is 5.82 Å². The number of amides is 1. The number of carbonyl (C=O) groups is 1. The zero-order valence-corrected chi connectivity index (χ0v) is 14.0. The SMILES string of the molecule is CNC(=O)c1ccc(-c2cc(NCCN(C)C)nc3[nH]ccc23)o1. The molecule has 3 rings (SSSR count). The number of rotatable bonds is 6. The summed E-state index contributed by atoms with van der Waals surface area (Å²) in [5.74, 6) is 1.44. The highest BCUT2D eigenvalue weighted by atomic mass is 16.3. The molecule has 0 saturated heterocycles. The van der Waals surface area contributed by atoms with Gasteiger partial charge in [-0.2, -0.15) is 0 Å². The molecule has 126 valence electrons. The van der Waals surface area contributed by atoms with Gasteiger partial charge in [0.15, 0.2) is 5.76 Å². The number of carbonyl (C=O) groups excluding carboxylic acids is 1. The Bertz CT molecular complexity index is 850. The van der Waals surface area contributed by atoms with E-state index < -0.39 is 0 Å². The molecule has 3 aromatic heterocycles. The van der Waals surface area contributed by atoms with Crippen LogP contribution in [0.1, 0.15) is 10.6 Å². The van der Waals surface area contributed by atoms with E-state index in [9.17, 15) is 4.79 Å². The Labute approximate surface area is 140 Å². The molecular weight excluding hydrogens is 306 g/mol. The monoisotopic (exact) mass is 327 g/mol. The fraction of sp³-hybridized carbons (Fsp3) is 0.294. The van der Waals surface area contributed by atoms with E-state index in [1.54, 1.807) is 19.2 Å². The first-order valence-corrected chi connectivity index (χ1v) is 7.77.